The van der Waals surface area contributed by atoms with Crippen LogP contribution in [0.4, 0.5) is 5.69 Å². The van der Waals surface area contributed by atoms with Crippen molar-refractivity contribution in [2.45, 2.75) is 18.7 Å². The standard InChI is InChI=1S/C21H19Cl2N3S/c1-3-27-14-5-7-18(26-11-21(2,10-24)12-26)16(9-14)20-19(23)15-6-4-13(22)8-17(15)25-20/h4-9,25H,3,11-12H2,1-2H3. The lowest BCUT2D eigenvalue weighted by atomic mass is 9.83. The number of aromatic nitrogens is 1. The Kier molecular flexibility index (Phi) is 4.80. The number of H-pyrrole nitrogens is 1. The molecule has 1 saturated heterocycles. The zero-order valence-corrected chi connectivity index (χ0v) is 17.5. The van der Waals surface area contributed by atoms with Gasteiger partial charge in [-0.3, -0.25) is 0 Å². The summed E-state index contributed by atoms with van der Waals surface area (Å²) in [6.07, 6.45) is 0. The number of fused-ring (bicyclic) bond motifs is 1. The van der Waals surface area contributed by atoms with Crippen LogP contribution >= 0.6 is 35.0 Å². The van der Waals surface area contributed by atoms with Crippen molar-refractivity contribution in [1.82, 2.24) is 4.98 Å². The van der Waals surface area contributed by atoms with E-state index in [0.717, 1.165) is 46.7 Å². The van der Waals surface area contributed by atoms with Crippen LogP contribution in [0.3, 0.4) is 0 Å². The van der Waals surface area contributed by atoms with Crippen LogP contribution in [0.25, 0.3) is 22.2 Å². The van der Waals surface area contributed by atoms with E-state index in [4.69, 9.17) is 23.2 Å². The lowest BCUT2D eigenvalue weighted by molar-refractivity contribution is 0.337. The number of hydrogen-bond acceptors (Lipinski definition) is 3. The van der Waals surface area contributed by atoms with Crippen LogP contribution in [-0.2, 0) is 0 Å². The molecule has 1 fully saturated rings. The molecule has 0 atom stereocenters. The number of hydrogen-bond donors (Lipinski definition) is 1. The SMILES string of the molecule is CCSc1ccc(N2CC(C)(C#N)C2)c(-c2[nH]c3cc(Cl)ccc3c2Cl)c1. The molecule has 4 rings (SSSR count). The molecule has 0 unspecified atom stereocenters. The number of nitriles is 1. The molecule has 1 aliphatic rings. The van der Waals surface area contributed by atoms with Gasteiger partial charge in [-0.2, -0.15) is 5.26 Å². The van der Waals surface area contributed by atoms with E-state index in [1.165, 1.54) is 4.90 Å². The van der Waals surface area contributed by atoms with Gasteiger partial charge in [0.2, 0.25) is 0 Å². The number of rotatable bonds is 4. The van der Waals surface area contributed by atoms with Gasteiger partial charge in [-0.05, 0) is 49.1 Å². The van der Waals surface area contributed by atoms with Crippen LogP contribution in [0.5, 0.6) is 0 Å². The third-order valence-corrected chi connectivity index (χ3v) is 6.44. The van der Waals surface area contributed by atoms with Crippen LogP contribution in [0.15, 0.2) is 41.3 Å². The Hall–Kier alpha value is -1.80. The molecule has 0 spiro atoms. The second-order valence-corrected chi connectivity index (χ2v) is 9.30. The van der Waals surface area contributed by atoms with Gasteiger partial charge in [0, 0.05) is 45.2 Å². The molecule has 0 amide bonds. The van der Waals surface area contributed by atoms with Gasteiger partial charge in [-0.1, -0.05) is 30.1 Å². The Morgan fingerprint density at radius 2 is 2.00 bits per heavy atom. The monoisotopic (exact) mass is 415 g/mol. The maximum absolute atomic E-state index is 9.36. The Balaban J connectivity index is 1.84. The number of nitrogens with zero attached hydrogens (tertiary/aromatic N) is 2. The molecule has 1 aliphatic heterocycles. The quantitative estimate of drug-likeness (QED) is 0.487. The molecule has 0 radical (unpaired) electrons. The summed E-state index contributed by atoms with van der Waals surface area (Å²) in [4.78, 5) is 6.90. The molecular formula is C21H19Cl2N3S. The summed E-state index contributed by atoms with van der Waals surface area (Å²) in [5.74, 6) is 1.01. The fourth-order valence-electron chi connectivity index (χ4n) is 3.61. The summed E-state index contributed by atoms with van der Waals surface area (Å²) >= 11 is 14.7. The number of benzene rings is 2. The molecule has 0 aliphatic carbocycles. The number of aromatic amines is 1. The lowest BCUT2D eigenvalue weighted by Gasteiger charge is -2.45. The molecule has 1 aromatic heterocycles. The van der Waals surface area contributed by atoms with Gasteiger partial charge in [0.15, 0.2) is 0 Å². The molecule has 1 N–H and O–H groups in total. The van der Waals surface area contributed by atoms with Crippen molar-refractivity contribution in [1.29, 1.82) is 5.26 Å². The smallest absolute Gasteiger partial charge is 0.0894 e. The fraction of sp³-hybridized carbons (Fsp3) is 0.286. The minimum Gasteiger partial charge on any atom is -0.368 e. The van der Waals surface area contributed by atoms with Gasteiger partial charge >= 0.3 is 0 Å². The topological polar surface area (TPSA) is 42.8 Å². The van der Waals surface area contributed by atoms with Gasteiger partial charge in [-0.25, -0.2) is 0 Å². The summed E-state index contributed by atoms with van der Waals surface area (Å²) in [5.41, 5.74) is 3.69. The van der Waals surface area contributed by atoms with E-state index in [0.29, 0.717) is 10.0 Å². The third kappa shape index (κ3) is 3.29. The molecule has 0 bridgehead atoms. The average molecular weight is 416 g/mol. The second-order valence-electron chi connectivity index (χ2n) is 7.14. The second kappa shape index (κ2) is 6.98. The summed E-state index contributed by atoms with van der Waals surface area (Å²) in [6.45, 7) is 5.59. The molecule has 6 heteroatoms. The average Bonchev–Trinajstić information content (AvgIpc) is 2.95. The van der Waals surface area contributed by atoms with E-state index in [2.05, 4.69) is 41.1 Å². The summed E-state index contributed by atoms with van der Waals surface area (Å²) < 4.78 is 0. The molecule has 0 saturated carbocycles. The maximum atomic E-state index is 9.36. The van der Waals surface area contributed by atoms with Gasteiger partial charge in [0.25, 0.3) is 0 Å². The summed E-state index contributed by atoms with van der Waals surface area (Å²) in [5, 5.41) is 11.7. The minimum atomic E-state index is -0.286. The fourth-order valence-corrected chi connectivity index (χ4v) is 4.79. The first-order valence-electron chi connectivity index (χ1n) is 8.84. The molecule has 27 heavy (non-hydrogen) atoms. The summed E-state index contributed by atoms with van der Waals surface area (Å²) in [6, 6.07) is 14.6. The first-order valence-corrected chi connectivity index (χ1v) is 10.6. The Morgan fingerprint density at radius 3 is 2.70 bits per heavy atom. The molecule has 138 valence electrons. The molecule has 3 nitrogen and oxygen atoms in total. The maximum Gasteiger partial charge on any atom is 0.0894 e. The van der Waals surface area contributed by atoms with Gasteiger partial charge in [-0.15, -0.1) is 11.8 Å². The third-order valence-electron chi connectivity index (χ3n) is 4.94. The zero-order chi connectivity index (χ0) is 19.2. The highest BCUT2D eigenvalue weighted by Crippen LogP contribution is 2.44. The van der Waals surface area contributed by atoms with E-state index >= 15 is 0 Å². The Labute approximate surface area is 173 Å². The van der Waals surface area contributed by atoms with Crippen molar-refractivity contribution in [3.05, 3.63) is 46.4 Å². The zero-order valence-electron chi connectivity index (χ0n) is 15.1. The van der Waals surface area contributed by atoms with Crippen molar-refractivity contribution in [2.75, 3.05) is 23.7 Å². The van der Waals surface area contributed by atoms with E-state index in [9.17, 15) is 5.26 Å². The first-order chi connectivity index (χ1) is 12.9. The highest BCUT2D eigenvalue weighted by molar-refractivity contribution is 7.99. The predicted molar refractivity (Wildman–Crippen MR) is 116 cm³/mol. The molecule has 3 aromatic rings. The highest BCUT2D eigenvalue weighted by Gasteiger charge is 2.40. The lowest BCUT2D eigenvalue weighted by Crippen LogP contribution is -2.54. The van der Waals surface area contributed by atoms with E-state index in [1.807, 2.05) is 25.1 Å². The van der Waals surface area contributed by atoms with E-state index in [-0.39, 0.29) is 5.41 Å². The van der Waals surface area contributed by atoms with Crippen LogP contribution in [0.1, 0.15) is 13.8 Å². The van der Waals surface area contributed by atoms with Crippen molar-refractivity contribution in [3.63, 3.8) is 0 Å². The number of thioether (sulfide) groups is 1. The van der Waals surface area contributed by atoms with Crippen LogP contribution in [0, 0.1) is 16.7 Å². The van der Waals surface area contributed by atoms with Crippen LogP contribution in [0.2, 0.25) is 10.0 Å². The Bertz CT molecular complexity index is 1060. The van der Waals surface area contributed by atoms with Crippen LogP contribution in [-0.4, -0.2) is 23.8 Å². The van der Waals surface area contributed by atoms with E-state index < -0.39 is 0 Å². The number of nitrogens with one attached hydrogen (secondary N) is 1. The van der Waals surface area contributed by atoms with Gasteiger partial charge in [0.1, 0.15) is 0 Å². The van der Waals surface area contributed by atoms with Crippen molar-refractivity contribution in [3.8, 4) is 17.3 Å². The first kappa shape index (κ1) is 18.6. The van der Waals surface area contributed by atoms with Crippen molar-refractivity contribution < 1.29 is 0 Å². The van der Waals surface area contributed by atoms with Gasteiger partial charge in [0.05, 0.1) is 22.2 Å². The van der Waals surface area contributed by atoms with Crippen molar-refractivity contribution >= 4 is 51.6 Å². The Morgan fingerprint density at radius 1 is 1.22 bits per heavy atom. The molecular weight excluding hydrogens is 397 g/mol. The number of anilines is 1. The normalized spacial score (nSPS) is 15.6. The summed E-state index contributed by atoms with van der Waals surface area (Å²) in [7, 11) is 0. The van der Waals surface area contributed by atoms with Crippen LogP contribution < -0.4 is 4.90 Å². The predicted octanol–water partition coefficient (Wildman–Crippen LogP) is 6.60. The highest BCUT2D eigenvalue weighted by atomic mass is 35.5. The number of halogens is 2. The van der Waals surface area contributed by atoms with Gasteiger partial charge < -0.3 is 9.88 Å². The minimum absolute atomic E-state index is 0.286. The molecule has 2 aromatic carbocycles. The van der Waals surface area contributed by atoms with Crippen molar-refractivity contribution in [2.24, 2.45) is 5.41 Å². The largest absolute Gasteiger partial charge is 0.368 e. The van der Waals surface area contributed by atoms with E-state index in [1.54, 1.807) is 11.8 Å². The molecule has 2 heterocycles.